The van der Waals surface area contributed by atoms with Crippen LogP contribution < -0.4 is 0 Å². The molecule has 3 heteroatoms. The highest BCUT2D eigenvalue weighted by Gasteiger charge is 2.04. The van der Waals surface area contributed by atoms with E-state index in [9.17, 15) is 4.79 Å². The van der Waals surface area contributed by atoms with Crippen LogP contribution >= 0.6 is 11.8 Å². The minimum absolute atomic E-state index is 0.225. The minimum Gasteiger partial charge on any atom is -0.478 e. The van der Waals surface area contributed by atoms with Crippen molar-refractivity contribution in [2.75, 3.05) is 5.75 Å². The SMILES string of the molecule is C=C(CSc1ccc2ccccc2c1)C(=O)O. The van der Waals surface area contributed by atoms with Gasteiger partial charge in [0.1, 0.15) is 0 Å². The highest BCUT2D eigenvalue weighted by molar-refractivity contribution is 7.99. The number of thioether (sulfide) groups is 1. The van der Waals surface area contributed by atoms with Crippen LogP contribution in [0.4, 0.5) is 0 Å². The molecule has 0 radical (unpaired) electrons. The fraction of sp³-hybridized carbons (Fsp3) is 0.0714. The number of hydrogen-bond acceptors (Lipinski definition) is 2. The van der Waals surface area contributed by atoms with Crippen molar-refractivity contribution in [3.05, 3.63) is 54.6 Å². The smallest absolute Gasteiger partial charge is 0.331 e. The zero-order valence-electron chi connectivity index (χ0n) is 9.22. The zero-order chi connectivity index (χ0) is 12.3. The van der Waals surface area contributed by atoms with Crippen LogP contribution in [0.1, 0.15) is 0 Å². The largest absolute Gasteiger partial charge is 0.478 e. The summed E-state index contributed by atoms with van der Waals surface area (Å²) in [7, 11) is 0. The first-order valence-corrected chi connectivity index (χ1v) is 6.18. The first kappa shape index (κ1) is 11.7. The van der Waals surface area contributed by atoms with Crippen molar-refractivity contribution in [2.24, 2.45) is 0 Å². The quantitative estimate of drug-likeness (QED) is 0.660. The molecule has 86 valence electrons. The van der Waals surface area contributed by atoms with Gasteiger partial charge in [-0.2, -0.15) is 0 Å². The average Bonchev–Trinajstić information content (AvgIpc) is 2.35. The van der Waals surface area contributed by atoms with E-state index in [-0.39, 0.29) is 5.57 Å². The average molecular weight is 244 g/mol. The Bertz CT molecular complexity index is 575. The summed E-state index contributed by atoms with van der Waals surface area (Å²) in [6.07, 6.45) is 0. The number of rotatable bonds is 4. The number of benzene rings is 2. The molecule has 0 heterocycles. The summed E-state index contributed by atoms with van der Waals surface area (Å²) in [4.78, 5) is 11.7. The number of carbonyl (C=O) groups is 1. The lowest BCUT2D eigenvalue weighted by atomic mass is 10.1. The molecule has 2 aromatic rings. The molecular formula is C14H12O2S. The van der Waals surface area contributed by atoms with Crippen molar-refractivity contribution in [1.82, 2.24) is 0 Å². The van der Waals surface area contributed by atoms with Gasteiger partial charge in [0, 0.05) is 16.2 Å². The van der Waals surface area contributed by atoms with E-state index in [1.54, 1.807) is 0 Å². The van der Waals surface area contributed by atoms with Crippen molar-refractivity contribution in [2.45, 2.75) is 4.90 Å². The topological polar surface area (TPSA) is 37.3 Å². The molecule has 0 aliphatic carbocycles. The first-order valence-electron chi connectivity index (χ1n) is 5.19. The van der Waals surface area contributed by atoms with Gasteiger partial charge in [-0.05, 0) is 22.9 Å². The lowest BCUT2D eigenvalue weighted by Gasteiger charge is -2.03. The summed E-state index contributed by atoms with van der Waals surface area (Å²) >= 11 is 1.49. The van der Waals surface area contributed by atoms with Gasteiger partial charge in [-0.3, -0.25) is 0 Å². The Kier molecular flexibility index (Phi) is 3.49. The number of carboxylic acids is 1. The van der Waals surface area contributed by atoms with E-state index in [1.807, 2.05) is 30.3 Å². The molecule has 2 nitrogen and oxygen atoms in total. The Morgan fingerprint density at radius 1 is 1.18 bits per heavy atom. The first-order chi connectivity index (χ1) is 8.16. The lowest BCUT2D eigenvalue weighted by Crippen LogP contribution is -2.00. The van der Waals surface area contributed by atoms with Gasteiger partial charge in [0.15, 0.2) is 0 Å². The molecule has 2 rings (SSSR count). The van der Waals surface area contributed by atoms with Crippen molar-refractivity contribution in [3.63, 3.8) is 0 Å². The number of hydrogen-bond donors (Lipinski definition) is 1. The van der Waals surface area contributed by atoms with E-state index in [0.717, 1.165) is 4.90 Å². The maximum Gasteiger partial charge on any atom is 0.331 e. The molecule has 0 amide bonds. The second-order valence-corrected chi connectivity index (χ2v) is 4.76. The normalized spacial score (nSPS) is 10.4. The van der Waals surface area contributed by atoms with Crippen LogP contribution in [0.15, 0.2) is 59.5 Å². The molecule has 0 unspecified atom stereocenters. The van der Waals surface area contributed by atoms with Crippen LogP contribution in [0.2, 0.25) is 0 Å². The molecule has 0 bridgehead atoms. The van der Waals surface area contributed by atoms with Crippen LogP contribution in [0, 0.1) is 0 Å². The molecular weight excluding hydrogens is 232 g/mol. The third kappa shape index (κ3) is 2.88. The Labute approximate surface area is 104 Å². The molecule has 2 aromatic carbocycles. The molecule has 0 spiro atoms. The van der Waals surface area contributed by atoms with Crippen LogP contribution in [0.5, 0.6) is 0 Å². The van der Waals surface area contributed by atoms with E-state index in [2.05, 4.69) is 18.7 Å². The predicted octanol–water partition coefficient (Wildman–Crippen LogP) is 3.57. The van der Waals surface area contributed by atoms with E-state index in [4.69, 9.17) is 5.11 Å². The van der Waals surface area contributed by atoms with Crippen molar-refractivity contribution in [3.8, 4) is 0 Å². The molecule has 0 saturated carbocycles. The monoisotopic (exact) mass is 244 g/mol. The fourth-order valence-electron chi connectivity index (χ4n) is 1.49. The van der Waals surface area contributed by atoms with Crippen molar-refractivity contribution >= 4 is 28.5 Å². The van der Waals surface area contributed by atoms with Crippen LogP contribution in [0.25, 0.3) is 10.8 Å². The minimum atomic E-state index is -0.932. The maximum absolute atomic E-state index is 10.6. The molecule has 1 N–H and O–H groups in total. The Morgan fingerprint density at radius 3 is 2.59 bits per heavy atom. The third-order valence-electron chi connectivity index (χ3n) is 2.44. The van der Waals surface area contributed by atoms with Crippen LogP contribution in [0.3, 0.4) is 0 Å². The van der Waals surface area contributed by atoms with Crippen molar-refractivity contribution in [1.29, 1.82) is 0 Å². The Morgan fingerprint density at radius 2 is 1.88 bits per heavy atom. The van der Waals surface area contributed by atoms with E-state index in [1.165, 1.54) is 22.5 Å². The van der Waals surface area contributed by atoms with E-state index in [0.29, 0.717) is 5.75 Å². The summed E-state index contributed by atoms with van der Waals surface area (Å²) in [5, 5.41) is 11.1. The second kappa shape index (κ2) is 5.06. The van der Waals surface area contributed by atoms with Gasteiger partial charge in [0.05, 0.1) is 0 Å². The fourth-order valence-corrected chi connectivity index (χ4v) is 2.33. The van der Waals surface area contributed by atoms with Crippen molar-refractivity contribution < 1.29 is 9.90 Å². The lowest BCUT2D eigenvalue weighted by molar-refractivity contribution is -0.132. The molecule has 0 fully saturated rings. The third-order valence-corrected chi connectivity index (χ3v) is 3.52. The molecule has 0 aliphatic rings. The van der Waals surface area contributed by atoms with Gasteiger partial charge >= 0.3 is 5.97 Å². The number of aliphatic carboxylic acids is 1. The molecule has 17 heavy (non-hydrogen) atoms. The molecule has 0 aliphatic heterocycles. The second-order valence-electron chi connectivity index (χ2n) is 3.71. The van der Waals surface area contributed by atoms with Gasteiger partial charge in [-0.1, -0.05) is 36.9 Å². The van der Waals surface area contributed by atoms with Gasteiger partial charge in [0.2, 0.25) is 0 Å². The van der Waals surface area contributed by atoms with Gasteiger partial charge in [-0.15, -0.1) is 11.8 Å². The standard InChI is InChI=1S/C14H12O2S/c1-10(14(15)16)9-17-13-7-6-11-4-2-3-5-12(11)8-13/h2-8H,1,9H2,(H,15,16). The highest BCUT2D eigenvalue weighted by atomic mass is 32.2. The maximum atomic E-state index is 10.6. The number of fused-ring (bicyclic) bond motifs is 1. The molecule has 0 aromatic heterocycles. The van der Waals surface area contributed by atoms with Gasteiger partial charge < -0.3 is 5.11 Å². The number of carboxylic acid groups (broad SMARTS) is 1. The summed E-state index contributed by atoms with van der Waals surface area (Å²) in [6.45, 7) is 3.51. The van der Waals surface area contributed by atoms with Gasteiger partial charge in [0.25, 0.3) is 0 Å². The van der Waals surface area contributed by atoms with Crippen LogP contribution in [-0.2, 0) is 4.79 Å². The van der Waals surface area contributed by atoms with E-state index < -0.39 is 5.97 Å². The summed E-state index contributed by atoms with van der Waals surface area (Å²) < 4.78 is 0. The highest BCUT2D eigenvalue weighted by Crippen LogP contribution is 2.24. The van der Waals surface area contributed by atoms with E-state index >= 15 is 0 Å². The zero-order valence-corrected chi connectivity index (χ0v) is 10.0. The Balaban J connectivity index is 2.14. The predicted molar refractivity (Wildman–Crippen MR) is 71.4 cm³/mol. The summed E-state index contributed by atoms with van der Waals surface area (Å²) in [6, 6.07) is 14.2. The summed E-state index contributed by atoms with van der Waals surface area (Å²) in [5.41, 5.74) is 0.225. The van der Waals surface area contributed by atoms with Crippen LogP contribution in [-0.4, -0.2) is 16.8 Å². The molecule has 0 atom stereocenters. The summed E-state index contributed by atoms with van der Waals surface area (Å²) in [5.74, 6) is -0.522. The Hall–Kier alpha value is -1.74. The molecule has 0 saturated heterocycles. The van der Waals surface area contributed by atoms with Gasteiger partial charge in [-0.25, -0.2) is 4.79 Å².